The van der Waals surface area contributed by atoms with Crippen molar-refractivity contribution >= 4 is 11.4 Å². The lowest BCUT2D eigenvalue weighted by Crippen LogP contribution is -1.95. The molecule has 3 aromatic carbocycles. The first-order valence-corrected chi connectivity index (χ1v) is 8.41. The van der Waals surface area contributed by atoms with Gasteiger partial charge in [0, 0.05) is 8.42 Å². The fourth-order valence-corrected chi connectivity index (χ4v) is 3.41. The number of hydrogen-bond acceptors (Lipinski definition) is 2. The summed E-state index contributed by atoms with van der Waals surface area (Å²) in [5, 5.41) is 6.43. The molecule has 2 N–H and O–H groups in total. The van der Waals surface area contributed by atoms with E-state index in [1.807, 2.05) is 30.3 Å². The van der Waals surface area contributed by atoms with Gasteiger partial charge in [0.15, 0.2) is 0 Å². The maximum atomic E-state index is 14.4. The van der Waals surface area contributed by atoms with Crippen LogP contribution in [0, 0.1) is 5.82 Å². The molecule has 0 atom stereocenters. The molecule has 0 aliphatic carbocycles. The van der Waals surface area contributed by atoms with Gasteiger partial charge in [0.05, 0.1) is 11.4 Å². The van der Waals surface area contributed by atoms with E-state index in [-0.39, 0.29) is 8.67 Å². The number of nitrogens with one attached hydrogen (secondary N) is 2. The average molecular weight is 334 g/mol. The Morgan fingerprint density at radius 2 is 1.68 bits per heavy atom. The molecule has 2 nitrogen and oxygen atoms in total. The molecule has 0 spiro atoms. The van der Waals surface area contributed by atoms with E-state index in [1.54, 1.807) is 6.07 Å². The van der Waals surface area contributed by atoms with Crippen molar-refractivity contribution in [3.63, 3.8) is 0 Å². The van der Waals surface area contributed by atoms with E-state index in [4.69, 9.17) is 0 Å². The highest BCUT2D eigenvalue weighted by Crippen LogP contribution is 2.40. The lowest BCUT2D eigenvalue weighted by molar-refractivity contribution is 0.631. The summed E-state index contributed by atoms with van der Waals surface area (Å²) >= 11 is 0. The molecule has 0 amide bonds. The SMILES string of the molecule is C=C1Nc2ccc(-c3c(CC)cccc3-c3ccccc3F)cc2N1.[HH].[HH]. The Balaban J connectivity index is 0.00000131. The summed E-state index contributed by atoms with van der Waals surface area (Å²) in [6.07, 6.45) is 0.882. The third-order valence-corrected chi connectivity index (χ3v) is 4.58. The van der Waals surface area contributed by atoms with Gasteiger partial charge in [0.1, 0.15) is 11.6 Å². The van der Waals surface area contributed by atoms with Gasteiger partial charge in [-0.1, -0.05) is 56.0 Å². The van der Waals surface area contributed by atoms with Crippen LogP contribution >= 0.6 is 0 Å². The molecule has 0 aromatic heterocycles. The predicted octanol–water partition coefficient (Wildman–Crippen LogP) is 6.52. The Morgan fingerprint density at radius 1 is 0.920 bits per heavy atom. The molecule has 3 heteroatoms. The fraction of sp³-hybridized carbons (Fsp3) is 0.0909. The third-order valence-electron chi connectivity index (χ3n) is 4.58. The van der Waals surface area contributed by atoms with Crippen LogP contribution in [0.15, 0.2) is 73.1 Å². The first-order valence-electron chi connectivity index (χ1n) is 8.41. The zero-order valence-corrected chi connectivity index (χ0v) is 14.1. The van der Waals surface area contributed by atoms with Gasteiger partial charge in [-0.15, -0.1) is 0 Å². The fourth-order valence-electron chi connectivity index (χ4n) is 3.41. The van der Waals surface area contributed by atoms with Gasteiger partial charge in [-0.25, -0.2) is 4.39 Å². The molecule has 3 aromatic rings. The number of hydrogen-bond donors (Lipinski definition) is 2. The third kappa shape index (κ3) is 2.68. The summed E-state index contributed by atoms with van der Waals surface area (Å²) in [4.78, 5) is 0. The Bertz CT molecular complexity index is 986. The number of fused-ring (bicyclic) bond motifs is 1. The van der Waals surface area contributed by atoms with Crippen LogP contribution in [0.1, 0.15) is 15.3 Å². The van der Waals surface area contributed by atoms with Gasteiger partial charge in [0.2, 0.25) is 0 Å². The van der Waals surface area contributed by atoms with Crippen LogP contribution in [0.3, 0.4) is 0 Å². The van der Waals surface area contributed by atoms with Crippen molar-refractivity contribution in [2.24, 2.45) is 0 Å². The predicted molar refractivity (Wildman–Crippen MR) is 107 cm³/mol. The molecule has 0 unspecified atom stereocenters. The zero-order valence-electron chi connectivity index (χ0n) is 14.1. The normalized spacial score (nSPS) is 12.5. The van der Waals surface area contributed by atoms with Crippen LogP contribution in [-0.4, -0.2) is 0 Å². The van der Waals surface area contributed by atoms with Crippen molar-refractivity contribution in [2.45, 2.75) is 13.3 Å². The van der Waals surface area contributed by atoms with Gasteiger partial charge >= 0.3 is 0 Å². The minimum atomic E-state index is -0.202. The van der Waals surface area contributed by atoms with E-state index in [1.165, 1.54) is 11.6 Å². The number of aryl methyl sites for hydroxylation is 1. The van der Waals surface area contributed by atoms with E-state index in [2.05, 4.69) is 42.3 Å². The summed E-state index contributed by atoms with van der Waals surface area (Å²) in [5.41, 5.74) is 6.90. The summed E-state index contributed by atoms with van der Waals surface area (Å²) in [6, 6.07) is 19.2. The molecule has 0 radical (unpaired) electrons. The first-order chi connectivity index (χ1) is 12.2. The zero-order chi connectivity index (χ0) is 17.4. The topological polar surface area (TPSA) is 24.1 Å². The standard InChI is InChI=1S/C22H19FN2.2H2/c1-3-15-7-6-9-18(17-8-4-5-10-19(17)23)22(15)16-11-12-20-21(13-16)25-14(2)24-20;;/h4-13,24-25H,2-3H2,1H3;2*1H. The van der Waals surface area contributed by atoms with E-state index in [0.717, 1.165) is 40.3 Å². The largest absolute Gasteiger partial charge is 0.341 e. The molecular weight excluding hydrogens is 311 g/mol. The average Bonchev–Trinajstić information content (AvgIpc) is 3.00. The van der Waals surface area contributed by atoms with Gasteiger partial charge in [-0.05, 0) is 46.9 Å². The Kier molecular flexibility index (Phi) is 3.77. The molecule has 4 rings (SSSR count). The molecule has 0 saturated carbocycles. The maximum absolute atomic E-state index is 14.4. The van der Waals surface area contributed by atoms with Gasteiger partial charge in [-0.3, -0.25) is 0 Å². The van der Waals surface area contributed by atoms with Crippen LogP contribution in [0.4, 0.5) is 15.8 Å². The van der Waals surface area contributed by atoms with Crippen LogP contribution in [-0.2, 0) is 6.42 Å². The molecular formula is C22H23FN2. The van der Waals surface area contributed by atoms with Gasteiger partial charge in [-0.2, -0.15) is 0 Å². The van der Waals surface area contributed by atoms with Crippen molar-refractivity contribution in [3.05, 3.63) is 84.4 Å². The summed E-state index contributed by atoms with van der Waals surface area (Å²) in [6.45, 7) is 6.03. The van der Waals surface area contributed by atoms with Gasteiger partial charge < -0.3 is 10.6 Å². The van der Waals surface area contributed by atoms with Gasteiger partial charge in [0.25, 0.3) is 0 Å². The molecule has 0 saturated heterocycles. The van der Waals surface area contributed by atoms with Crippen molar-refractivity contribution in [1.29, 1.82) is 0 Å². The van der Waals surface area contributed by atoms with Crippen LogP contribution in [0.25, 0.3) is 22.3 Å². The Hall–Kier alpha value is -3.07. The van der Waals surface area contributed by atoms with E-state index in [0.29, 0.717) is 5.56 Å². The minimum Gasteiger partial charge on any atom is -0.341 e. The second-order valence-electron chi connectivity index (χ2n) is 6.16. The number of anilines is 2. The number of halogens is 1. The molecule has 25 heavy (non-hydrogen) atoms. The van der Waals surface area contributed by atoms with Crippen LogP contribution < -0.4 is 10.6 Å². The Morgan fingerprint density at radius 3 is 2.48 bits per heavy atom. The van der Waals surface area contributed by atoms with Crippen LogP contribution in [0.2, 0.25) is 0 Å². The quantitative estimate of drug-likeness (QED) is 0.569. The molecule has 0 fully saturated rings. The van der Waals surface area contributed by atoms with Crippen molar-refractivity contribution in [2.75, 3.05) is 10.6 Å². The summed E-state index contributed by atoms with van der Waals surface area (Å²) < 4.78 is 14.4. The maximum Gasteiger partial charge on any atom is 0.131 e. The summed E-state index contributed by atoms with van der Waals surface area (Å²) in [5.74, 6) is 0.566. The smallest absolute Gasteiger partial charge is 0.131 e. The number of rotatable bonds is 3. The highest BCUT2D eigenvalue weighted by molar-refractivity contribution is 5.90. The number of benzene rings is 3. The van der Waals surface area contributed by atoms with E-state index < -0.39 is 0 Å². The Labute approximate surface area is 150 Å². The van der Waals surface area contributed by atoms with E-state index >= 15 is 0 Å². The first kappa shape index (κ1) is 15.5. The molecule has 1 aliphatic rings. The lowest BCUT2D eigenvalue weighted by Gasteiger charge is -2.16. The second-order valence-corrected chi connectivity index (χ2v) is 6.16. The summed E-state index contributed by atoms with van der Waals surface area (Å²) in [7, 11) is 0. The molecule has 1 aliphatic heterocycles. The van der Waals surface area contributed by atoms with Crippen molar-refractivity contribution in [3.8, 4) is 22.3 Å². The molecule has 1 heterocycles. The second kappa shape index (κ2) is 6.10. The highest BCUT2D eigenvalue weighted by atomic mass is 19.1. The highest BCUT2D eigenvalue weighted by Gasteiger charge is 2.17. The molecule has 128 valence electrons. The minimum absolute atomic E-state index is 0. The van der Waals surface area contributed by atoms with E-state index in [9.17, 15) is 4.39 Å². The van der Waals surface area contributed by atoms with Crippen LogP contribution in [0.5, 0.6) is 0 Å². The lowest BCUT2D eigenvalue weighted by atomic mass is 9.89. The van der Waals surface area contributed by atoms with Crippen molar-refractivity contribution < 1.29 is 7.24 Å². The monoisotopic (exact) mass is 334 g/mol. The molecule has 0 bridgehead atoms. The van der Waals surface area contributed by atoms with Crippen molar-refractivity contribution in [1.82, 2.24) is 0 Å².